The van der Waals surface area contributed by atoms with Crippen molar-refractivity contribution in [3.8, 4) is 6.07 Å². The fourth-order valence-corrected chi connectivity index (χ4v) is 2.09. The Morgan fingerprint density at radius 1 is 1.61 bits per heavy atom. The number of hydrogen-bond donors (Lipinski definition) is 1. The monoisotopic (exact) mass is 246 g/mol. The molecule has 1 N–H and O–H groups in total. The third-order valence-corrected chi connectivity index (χ3v) is 3.02. The maximum atomic E-state index is 10.7. The standard InChI is InChI=1S/C13H14N2O3/c14-6-11-5-10(7-16)1-2-13(11)15-3-4-18-9-12(15)8-17/h1-2,5,7,12,17H,3-4,8-9H2. The molecule has 0 amide bonds. The van der Waals surface area contributed by atoms with Crippen molar-refractivity contribution in [2.75, 3.05) is 31.3 Å². The number of hydrogen-bond acceptors (Lipinski definition) is 5. The van der Waals surface area contributed by atoms with Crippen molar-refractivity contribution in [3.63, 3.8) is 0 Å². The number of anilines is 1. The van der Waals surface area contributed by atoms with E-state index in [1.807, 2.05) is 4.90 Å². The molecule has 1 aliphatic heterocycles. The number of morpholine rings is 1. The lowest BCUT2D eigenvalue weighted by Crippen LogP contribution is -2.48. The second-order valence-corrected chi connectivity index (χ2v) is 4.11. The Balaban J connectivity index is 2.37. The molecule has 1 aromatic carbocycles. The SMILES string of the molecule is N#Cc1cc(C=O)ccc1N1CCOCC1CO. The Morgan fingerprint density at radius 3 is 3.11 bits per heavy atom. The van der Waals surface area contributed by atoms with Crippen LogP contribution in [0.1, 0.15) is 15.9 Å². The van der Waals surface area contributed by atoms with E-state index in [1.54, 1.807) is 18.2 Å². The largest absolute Gasteiger partial charge is 0.394 e. The van der Waals surface area contributed by atoms with Gasteiger partial charge in [0.15, 0.2) is 0 Å². The lowest BCUT2D eigenvalue weighted by molar-refractivity contribution is 0.0727. The number of carbonyl (C=O) groups is 1. The lowest BCUT2D eigenvalue weighted by Gasteiger charge is -2.36. The average molecular weight is 246 g/mol. The van der Waals surface area contributed by atoms with E-state index >= 15 is 0 Å². The minimum absolute atomic E-state index is 0.0275. The molecule has 0 aliphatic carbocycles. The Bertz CT molecular complexity index is 482. The van der Waals surface area contributed by atoms with Gasteiger partial charge in [-0.2, -0.15) is 5.26 Å². The molecule has 5 nitrogen and oxygen atoms in total. The molecule has 1 aliphatic rings. The Morgan fingerprint density at radius 2 is 2.44 bits per heavy atom. The molecule has 0 bridgehead atoms. The number of rotatable bonds is 3. The van der Waals surface area contributed by atoms with E-state index in [0.29, 0.717) is 37.2 Å². The van der Waals surface area contributed by atoms with Gasteiger partial charge in [0.1, 0.15) is 12.4 Å². The molecule has 0 radical (unpaired) electrons. The van der Waals surface area contributed by atoms with Gasteiger partial charge in [0.2, 0.25) is 0 Å². The highest BCUT2D eigenvalue weighted by Crippen LogP contribution is 2.24. The van der Waals surface area contributed by atoms with Gasteiger partial charge in [-0.1, -0.05) is 0 Å². The summed E-state index contributed by atoms with van der Waals surface area (Å²) in [6.45, 7) is 1.61. The maximum Gasteiger partial charge on any atom is 0.150 e. The van der Waals surface area contributed by atoms with Crippen LogP contribution in [0.2, 0.25) is 0 Å². The normalized spacial score (nSPS) is 19.3. The van der Waals surface area contributed by atoms with Crippen molar-refractivity contribution in [3.05, 3.63) is 29.3 Å². The number of aldehydes is 1. The van der Waals surface area contributed by atoms with Gasteiger partial charge in [0.05, 0.1) is 37.1 Å². The first-order valence-corrected chi connectivity index (χ1v) is 5.74. The van der Waals surface area contributed by atoms with E-state index in [-0.39, 0.29) is 12.6 Å². The number of nitrogens with zero attached hydrogens (tertiary/aromatic N) is 2. The quantitative estimate of drug-likeness (QED) is 0.789. The Hall–Kier alpha value is -1.90. The topological polar surface area (TPSA) is 73.6 Å². The Kier molecular flexibility index (Phi) is 3.92. The van der Waals surface area contributed by atoms with Crippen LogP contribution in [-0.4, -0.2) is 43.8 Å². The first-order valence-electron chi connectivity index (χ1n) is 5.74. The van der Waals surface area contributed by atoms with E-state index in [0.717, 1.165) is 5.69 Å². The van der Waals surface area contributed by atoms with E-state index in [1.165, 1.54) is 0 Å². The highest BCUT2D eigenvalue weighted by molar-refractivity contribution is 5.78. The van der Waals surface area contributed by atoms with E-state index in [2.05, 4.69) is 6.07 Å². The highest BCUT2D eigenvalue weighted by atomic mass is 16.5. The predicted octanol–water partition coefficient (Wildman–Crippen LogP) is 0.568. The number of ether oxygens (including phenoxy) is 1. The Labute approximate surface area is 105 Å². The summed E-state index contributed by atoms with van der Waals surface area (Å²) in [5.74, 6) is 0. The van der Waals surface area contributed by atoms with Crippen molar-refractivity contribution < 1.29 is 14.6 Å². The fraction of sp³-hybridized carbons (Fsp3) is 0.385. The van der Waals surface area contributed by atoms with Crippen LogP contribution in [0.25, 0.3) is 0 Å². The van der Waals surface area contributed by atoms with Crippen molar-refractivity contribution in [2.45, 2.75) is 6.04 Å². The van der Waals surface area contributed by atoms with Crippen LogP contribution in [-0.2, 0) is 4.74 Å². The molecular formula is C13H14N2O3. The fourth-order valence-electron chi connectivity index (χ4n) is 2.09. The minimum atomic E-state index is -0.145. The summed E-state index contributed by atoms with van der Waals surface area (Å²) in [7, 11) is 0. The third kappa shape index (κ3) is 2.35. The molecule has 1 aromatic rings. The molecule has 1 heterocycles. The minimum Gasteiger partial charge on any atom is -0.394 e. The highest BCUT2D eigenvalue weighted by Gasteiger charge is 2.24. The van der Waals surface area contributed by atoms with Gasteiger partial charge < -0.3 is 14.7 Å². The zero-order valence-electron chi connectivity index (χ0n) is 9.87. The van der Waals surface area contributed by atoms with Gasteiger partial charge in [0, 0.05) is 12.1 Å². The first-order chi connectivity index (χ1) is 8.80. The van der Waals surface area contributed by atoms with Crippen LogP contribution < -0.4 is 4.90 Å². The molecule has 94 valence electrons. The van der Waals surface area contributed by atoms with Crippen molar-refractivity contribution in [2.24, 2.45) is 0 Å². The molecule has 1 unspecified atom stereocenters. The van der Waals surface area contributed by atoms with Gasteiger partial charge >= 0.3 is 0 Å². The molecule has 18 heavy (non-hydrogen) atoms. The summed E-state index contributed by atoms with van der Waals surface area (Å²) >= 11 is 0. The van der Waals surface area contributed by atoms with E-state index < -0.39 is 0 Å². The molecule has 2 rings (SSSR count). The van der Waals surface area contributed by atoms with Crippen LogP contribution in [0, 0.1) is 11.3 Å². The molecule has 1 fully saturated rings. The van der Waals surface area contributed by atoms with Crippen LogP contribution in [0.3, 0.4) is 0 Å². The zero-order valence-corrected chi connectivity index (χ0v) is 9.87. The number of carbonyl (C=O) groups excluding carboxylic acids is 1. The number of aliphatic hydroxyl groups excluding tert-OH is 1. The third-order valence-electron chi connectivity index (χ3n) is 3.02. The van der Waals surface area contributed by atoms with Gasteiger partial charge in [-0.25, -0.2) is 0 Å². The summed E-state index contributed by atoms with van der Waals surface area (Å²) in [6, 6.07) is 6.93. The molecular weight excluding hydrogens is 232 g/mol. The van der Waals surface area contributed by atoms with Gasteiger partial charge in [0.25, 0.3) is 0 Å². The van der Waals surface area contributed by atoms with Crippen molar-refractivity contribution in [1.82, 2.24) is 0 Å². The smallest absolute Gasteiger partial charge is 0.150 e. The predicted molar refractivity (Wildman–Crippen MR) is 65.6 cm³/mol. The van der Waals surface area contributed by atoms with Gasteiger partial charge in [-0.05, 0) is 18.2 Å². The lowest BCUT2D eigenvalue weighted by atomic mass is 10.1. The van der Waals surface area contributed by atoms with Crippen LogP contribution in [0.4, 0.5) is 5.69 Å². The second kappa shape index (κ2) is 5.63. The number of aliphatic hydroxyl groups is 1. The second-order valence-electron chi connectivity index (χ2n) is 4.11. The molecule has 1 atom stereocenters. The number of benzene rings is 1. The average Bonchev–Trinajstić information content (AvgIpc) is 2.46. The molecule has 5 heteroatoms. The summed E-state index contributed by atoms with van der Waals surface area (Å²) in [4.78, 5) is 12.7. The van der Waals surface area contributed by atoms with Crippen molar-refractivity contribution in [1.29, 1.82) is 5.26 Å². The first kappa shape index (κ1) is 12.6. The molecule has 0 aromatic heterocycles. The van der Waals surface area contributed by atoms with Crippen LogP contribution in [0.15, 0.2) is 18.2 Å². The summed E-state index contributed by atoms with van der Waals surface area (Å²) < 4.78 is 5.30. The zero-order chi connectivity index (χ0) is 13.0. The summed E-state index contributed by atoms with van der Waals surface area (Å²) in [6.07, 6.45) is 0.716. The van der Waals surface area contributed by atoms with Gasteiger partial charge in [-0.3, -0.25) is 4.79 Å². The van der Waals surface area contributed by atoms with E-state index in [9.17, 15) is 9.90 Å². The molecule has 1 saturated heterocycles. The van der Waals surface area contributed by atoms with Crippen LogP contribution in [0.5, 0.6) is 0 Å². The molecule has 0 saturated carbocycles. The van der Waals surface area contributed by atoms with Crippen LogP contribution >= 0.6 is 0 Å². The summed E-state index contributed by atoms with van der Waals surface area (Å²) in [5, 5.41) is 18.5. The number of nitriles is 1. The van der Waals surface area contributed by atoms with Crippen molar-refractivity contribution >= 4 is 12.0 Å². The van der Waals surface area contributed by atoms with E-state index in [4.69, 9.17) is 10.00 Å². The van der Waals surface area contributed by atoms with Gasteiger partial charge in [-0.15, -0.1) is 0 Å². The summed E-state index contributed by atoms with van der Waals surface area (Å²) in [5.41, 5.74) is 1.66. The maximum absolute atomic E-state index is 10.7. The molecule has 0 spiro atoms.